The summed E-state index contributed by atoms with van der Waals surface area (Å²) in [6, 6.07) is 13.4. The van der Waals surface area contributed by atoms with Crippen molar-refractivity contribution in [3.05, 3.63) is 58.6 Å². The van der Waals surface area contributed by atoms with Crippen molar-refractivity contribution in [2.24, 2.45) is 0 Å². The zero-order valence-electron chi connectivity index (χ0n) is 11.1. The third kappa shape index (κ3) is 4.97. The second-order valence-corrected chi connectivity index (χ2v) is 5.41. The van der Waals surface area contributed by atoms with E-state index in [1.54, 1.807) is 6.07 Å². The predicted molar refractivity (Wildman–Crippen MR) is 79.3 cm³/mol. The molecule has 21 heavy (non-hydrogen) atoms. The summed E-state index contributed by atoms with van der Waals surface area (Å²) in [6.45, 7) is 1.93. The fraction of sp³-hybridized carbons (Fsp3) is 0.200. The summed E-state index contributed by atoms with van der Waals surface area (Å²) in [4.78, 5) is 0. The van der Waals surface area contributed by atoms with Crippen LogP contribution in [0.5, 0.6) is 5.75 Å². The summed E-state index contributed by atoms with van der Waals surface area (Å²) in [7, 11) is 0. The van der Waals surface area contributed by atoms with Gasteiger partial charge < -0.3 is 10.1 Å². The Hall–Kier alpha value is -1.69. The highest BCUT2D eigenvalue weighted by Gasteiger charge is 2.31. The maximum Gasteiger partial charge on any atom is 0.573 e. The minimum Gasteiger partial charge on any atom is -0.406 e. The van der Waals surface area contributed by atoms with Crippen LogP contribution in [0.2, 0.25) is 0 Å². The van der Waals surface area contributed by atoms with Gasteiger partial charge in [0.05, 0.1) is 0 Å². The molecule has 0 aliphatic carbocycles. The van der Waals surface area contributed by atoms with Crippen LogP contribution >= 0.6 is 15.9 Å². The van der Waals surface area contributed by atoms with Gasteiger partial charge in [-0.1, -0.05) is 34.1 Å². The zero-order chi connectivity index (χ0) is 15.5. The summed E-state index contributed by atoms with van der Waals surface area (Å²) in [5.74, 6) is -0.242. The van der Waals surface area contributed by atoms with Gasteiger partial charge in [0, 0.05) is 22.3 Å². The number of anilines is 1. The summed E-state index contributed by atoms with van der Waals surface area (Å²) in [5, 5.41) is 3.14. The lowest BCUT2D eigenvalue weighted by molar-refractivity contribution is -0.274. The summed E-state index contributed by atoms with van der Waals surface area (Å²) in [5.41, 5.74) is 1.58. The monoisotopic (exact) mass is 359 g/mol. The summed E-state index contributed by atoms with van der Waals surface area (Å²) in [6.07, 6.45) is -4.69. The van der Waals surface area contributed by atoms with Gasteiger partial charge in [-0.05, 0) is 36.8 Å². The van der Waals surface area contributed by atoms with Crippen molar-refractivity contribution in [2.45, 2.75) is 19.3 Å². The van der Waals surface area contributed by atoms with Gasteiger partial charge in [-0.25, -0.2) is 0 Å². The third-order valence-electron chi connectivity index (χ3n) is 2.80. The van der Waals surface area contributed by atoms with E-state index in [4.69, 9.17) is 0 Å². The fourth-order valence-corrected chi connectivity index (χ4v) is 2.31. The largest absolute Gasteiger partial charge is 0.573 e. The number of alkyl halides is 3. The highest BCUT2D eigenvalue weighted by molar-refractivity contribution is 9.10. The number of halogens is 4. The van der Waals surface area contributed by atoms with Crippen molar-refractivity contribution in [2.75, 3.05) is 5.32 Å². The van der Waals surface area contributed by atoms with E-state index in [9.17, 15) is 13.2 Å². The molecule has 1 atom stereocenters. The van der Waals surface area contributed by atoms with Crippen molar-refractivity contribution in [1.82, 2.24) is 0 Å². The van der Waals surface area contributed by atoms with Crippen LogP contribution in [0.4, 0.5) is 18.9 Å². The van der Waals surface area contributed by atoms with Crippen LogP contribution in [-0.4, -0.2) is 6.36 Å². The van der Waals surface area contributed by atoms with Crippen LogP contribution in [0.25, 0.3) is 0 Å². The first kappa shape index (κ1) is 15.7. The van der Waals surface area contributed by atoms with Gasteiger partial charge in [0.1, 0.15) is 5.75 Å². The van der Waals surface area contributed by atoms with Gasteiger partial charge >= 0.3 is 6.36 Å². The molecule has 6 heteroatoms. The van der Waals surface area contributed by atoms with Crippen LogP contribution in [0.3, 0.4) is 0 Å². The average molecular weight is 360 g/mol. The normalized spacial score (nSPS) is 12.8. The van der Waals surface area contributed by atoms with Gasteiger partial charge in [0.25, 0.3) is 0 Å². The lowest BCUT2D eigenvalue weighted by atomic mass is 10.1. The van der Waals surface area contributed by atoms with Gasteiger partial charge in [0.2, 0.25) is 0 Å². The van der Waals surface area contributed by atoms with Crippen LogP contribution < -0.4 is 10.1 Å². The number of hydrogen-bond donors (Lipinski definition) is 1. The van der Waals surface area contributed by atoms with Crippen molar-refractivity contribution >= 4 is 21.6 Å². The molecule has 2 nitrogen and oxygen atoms in total. The van der Waals surface area contributed by atoms with Gasteiger partial charge in [0.15, 0.2) is 0 Å². The lowest BCUT2D eigenvalue weighted by Crippen LogP contribution is -2.17. The van der Waals surface area contributed by atoms with E-state index in [1.165, 1.54) is 18.2 Å². The molecule has 1 N–H and O–H groups in total. The molecule has 0 aliphatic heterocycles. The molecule has 0 saturated carbocycles. The Labute approximate surface area is 129 Å². The first-order valence-electron chi connectivity index (χ1n) is 6.21. The Morgan fingerprint density at radius 3 is 2.48 bits per heavy atom. The van der Waals surface area contributed by atoms with Crippen LogP contribution in [0, 0.1) is 0 Å². The molecule has 0 aromatic heterocycles. The van der Waals surface area contributed by atoms with E-state index in [0.29, 0.717) is 5.69 Å². The van der Waals surface area contributed by atoms with E-state index >= 15 is 0 Å². The molecule has 1 unspecified atom stereocenters. The quantitative estimate of drug-likeness (QED) is 0.775. The second kappa shape index (κ2) is 6.39. The molecule has 0 spiro atoms. The Morgan fingerprint density at radius 1 is 1.10 bits per heavy atom. The standard InChI is InChI=1S/C15H13BrF3NO/c1-10(11-4-2-5-12(16)8-11)20-13-6-3-7-14(9-13)21-15(17,18)19/h2-10,20H,1H3. The Kier molecular flexibility index (Phi) is 4.77. The van der Waals surface area contributed by atoms with Crippen molar-refractivity contribution in [1.29, 1.82) is 0 Å². The predicted octanol–water partition coefficient (Wildman–Crippen LogP) is 5.52. The van der Waals surface area contributed by atoms with Crippen LogP contribution in [-0.2, 0) is 0 Å². The lowest BCUT2D eigenvalue weighted by Gasteiger charge is -2.17. The molecule has 2 aromatic carbocycles. The zero-order valence-corrected chi connectivity index (χ0v) is 12.7. The van der Waals surface area contributed by atoms with Gasteiger partial charge in [-0.2, -0.15) is 0 Å². The second-order valence-electron chi connectivity index (χ2n) is 4.50. The summed E-state index contributed by atoms with van der Waals surface area (Å²) < 4.78 is 41.4. The number of ether oxygens (including phenoxy) is 1. The molecule has 0 fully saturated rings. The van der Waals surface area contributed by atoms with Gasteiger partial charge in [-0.3, -0.25) is 0 Å². The fourth-order valence-electron chi connectivity index (χ4n) is 1.89. The van der Waals surface area contributed by atoms with Crippen molar-refractivity contribution in [3.63, 3.8) is 0 Å². The molecule has 2 aromatic rings. The number of nitrogens with one attached hydrogen (secondary N) is 1. The topological polar surface area (TPSA) is 21.3 Å². The van der Waals surface area contributed by atoms with Crippen molar-refractivity contribution < 1.29 is 17.9 Å². The molecule has 2 rings (SSSR count). The maximum absolute atomic E-state index is 12.2. The molecular weight excluding hydrogens is 347 g/mol. The highest BCUT2D eigenvalue weighted by atomic mass is 79.9. The first-order chi connectivity index (χ1) is 9.83. The van der Waals surface area contributed by atoms with E-state index in [0.717, 1.165) is 10.0 Å². The third-order valence-corrected chi connectivity index (χ3v) is 3.29. The molecular formula is C15H13BrF3NO. The molecule has 0 bridgehead atoms. The molecule has 0 heterocycles. The van der Waals surface area contributed by atoms with Crippen LogP contribution in [0.15, 0.2) is 53.0 Å². The SMILES string of the molecule is CC(Nc1cccc(OC(F)(F)F)c1)c1cccc(Br)c1. The van der Waals surface area contributed by atoms with E-state index in [-0.39, 0.29) is 11.8 Å². The molecule has 0 saturated heterocycles. The Balaban J connectivity index is 2.11. The van der Waals surface area contributed by atoms with E-state index in [2.05, 4.69) is 26.0 Å². The summed E-state index contributed by atoms with van der Waals surface area (Å²) >= 11 is 3.39. The number of hydrogen-bond acceptors (Lipinski definition) is 2. The number of benzene rings is 2. The molecule has 112 valence electrons. The first-order valence-corrected chi connectivity index (χ1v) is 7.00. The maximum atomic E-state index is 12.2. The Bertz CT molecular complexity index is 616. The van der Waals surface area contributed by atoms with Gasteiger partial charge in [-0.15, -0.1) is 13.2 Å². The molecule has 0 aliphatic rings. The number of rotatable bonds is 4. The average Bonchev–Trinajstić information content (AvgIpc) is 2.37. The smallest absolute Gasteiger partial charge is 0.406 e. The van der Waals surface area contributed by atoms with E-state index in [1.807, 2.05) is 31.2 Å². The minimum atomic E-state index is -4.69. The minimum absolute atomic E-state index is 0.0522. The van der Waals surface area contributed by atoms with Crippen molar-refractivity contribution in [3.8, 4) is 5.75 Å². The van der Waals surface area contributed by atoms with Crippen LogP contribution in [0.1, 0.15) is 18.5 Å². The highest BCUT2D eigenvalue weighted by Crippen LogP contribution is 2.27. The van der Waals surface area contributed by atoms with E-state index < -0.39 is 6.36 Å². The Morgan fingerprint density at radius 2 is 1.81 bits per heavy atom. The molecule has 0 amide bonds. The molecule has 0 radical (unpaired) electrons.